The monoisotopic (exact) mass is 770 g/mol. The van der Waals surface area contributed by atoms with Crippen molar-refractivity contribution in [2.24, 2.45) is 5.92 Å². The fourth-order valence-corrected chi connectivity index (χ4v) is 8.97. The minimum absolute atomic E-state index is 0.00590. The zero-order valence-corrected chi connectivity index (χ0v) is 32.1. The standard InChI is InChI=1S/C43H51ClN4O7/c1-54-37-23-34(33(44)22-29(37)24-45-25-36(50)31-12-14-35(49)41-32(31)13-15-40(52)47-41)46-39(51)7-5-6-27-8-10-30(11-9-27)43(18-3-2-4-19-43)42(53)55-38-26-48-20-16-28(38)17-21-48/h8-15,22-23,28,36,38,45,49-50H,2-7,16-21,24-26H2,1H3,(H,46,51)(H,47,52)/t36-,38-/m0/s1. The van der Waals surface area contributed by atoms with Gasteiger partial charge in [0.15, 0.2) is 0 Å². The fraction of sp³-hybridized carbons (Fsp3) is 0.465. The number of anilines is 1. The first-order valence-corrected chi connectivity index (χ1v) is 19.9. The van der Waals surface area contributed by atoms with E-state index >= 15 is 0 Å². The highest BCUT2D eigenvalue weighted by molar-refractivity contribution is 6.33. The van der Waals surface area contributed by atoms with Crippen molar-refractivity contribution in [1.29, 1.82) is 0 Å². The zero-order valence-electron chi connectivity index (χ0n) is 31.4. The second-order valence-electron chi connectivity index (χ2n) is 15.4. The van der Waals surface area contributed by atoms with Gasteiger partial charge < -0.3 is 35.3 Å². The lowest BCUT2D eigenvalue weighted by molar-refractivity contribution is -0.167. The van der Waals surface area contributed by atoms with Crippen LogP contribution in [0.15, 0.2) is 65.5 Å². The Bertz CT molecular complexity index is 2050. The van der Waals surface area contributed by atoms with Crippen LogP contribution in [0.2, 0.25) is 5.02 Å². The third-order valence-electron chi connectivity index (χ3n) is 11.9. The quantitative estimate of drug-likeness (QED) is 0.0903. The molecule has 12 heteroatoms. The smallest absolute Gasteiger partial charge is 0.316 e. The molecule has 5 N–H and O–H groups in total. The molecule has 3 aliphatic heterocycles. The van der Waals surface area contributed by atoms with Crippen LogP contribution in [0.4, 0.5) is 5.69 Å². The second kappa shape index (κ2) is 17.2. The summed E-state index contributed by atoms with van der Waals surface area (Å²) in [6.07, 6.45) is 7.82. The molecule has 55 heavy (non-hydrogen) atoms. The average Bonchev–Trinajstić information content (AvgIpc) is 3.20. The number of piperidine rings is 3. The number of nitrogens with zero attached hydrogens (tertiary/aromatic N) is 1. The normalized spacial score (nSPS) is 20.9. The molecule has 11 nitrogen and oxygen atoms in total. The predicted molar refractivity (Wildman–Crippen MR) is 213 cm³/mol. The van der Waals surface area contributed by atoms with E-state index in [2.05, 4.69) is 44.8 Å². The minimum Gasteiger partial charge on any atom is -0.506 e. The maximum absolute atomic E-state index is 13.9. The Balaban J connectivity index is 0.906. The van der Waals surface area contributed by atoms with Crippen LogP contribution in [0.5, 0.6) is 11.5 Å². The third-order valence-corrected chi connectivity index (χ3v) is 12.2. The molecule has 2 atom stereocenters. The molecule has 3 aromatic carbocycles. The van der Waals surface area contributed by atoms with Crippen LogP contribution >= 0.6 is 11.6 Å². The second-order valence-corrected chi connectivity index (χ2v) is 15.8. The van der Waals surface area contributed by atoms with Gasteiger partial charge in [0.05, 0.1) is 34.9 Å². The van der Waals surface area contributed by atoms with E-state index in [0.29, 0.717) is 52.7 Å². The van der Waals surface area contributed by atoms with Gasteiger partial charge in [-0.05, 0) is 92.4 Å². The number of carbonyl (C=O) groups is 2. The number of hydrogen-bond acceptors (Lipinski definition) is 9. The summed E-state index contributed by atoms with van der Waals surface area (Å²) in [5.41, 5.74) is 3.25. The molecular formula is C43H51ClN4O7. The van der Waals surface area contributed by atoms with E-state index in [1.54, 1.807) is 31.4 Å². The Morgan fingerprint density at radius 1 is 1.04 bits per heavy atom. The zero-order chi connectivity index (χ0) is 38.5. The van der Waals surface area contributed by atoms with Crippen molar-refractivity contribution in [2.75, 3.05) is 38.6 Å². The van der Waals surface area contributed by atoms with E-state index in [1.807, 2.05) is 0 Å². The number of pyridine rings is 1. The number of aryl methyl sites for hydroxylation is 1. The van der Waals surface area contributed by atoms with E-state index in [-0.39, 0.29) is 41.4 Å². The van der Waals surface area contributed by atoms with Gasteiger partial charge in [0.25, 0.3) is 0 Å². The lowest BCUT2D eigenvalue weighted by Gasteiger charge is -2.45. The van der Waals surface area contributed by atoms with Crippen molar-refractivity contribution >= 4 is 40.1 Å². The Kier molecular flexibility index (Phi) is 12.1. The number of esters is 1. The number of aromatic amines is 1. The maximum atomic E-state index is 13.9. The molecular weight excluding hydrogens is 720 g/mol. The molecule has 4 aromatic rings. The van der Waals surface area contributed by atoms with Gasteiger partial charge in [-0.25, -0.2) is 0 Å². The van der Waals surface area contributed by atoms with Gasteiger partial charge in [0.1, 0.15) is 17.6 Å². The molecule has 8 rings (SSSR count). The highest BCUT2D eigenvalue weighted by atomic mass is 35.5. The molecule has 4 heterocycles. The number of amides is 1. The summed E-state index contributed by atoms with van der Waals surface area (Å²) >= 11 is 6.61. The van der Waals surface area contributed by atoms with Crippen molar-refractivity contribution in [2.45, 2.75) is 88.4 Å². The molecule has 0 unspecified atom stereocenters. The maximum Gasteiger partial charge on any atom is 0.316 e. The summed E-state index contributed by atoms with van der Waals surface area (Å²) in [5.74, 6) is 0.730. The van der Waals surface area contributed by atoms with Gasteiger partial charge in [0.2, 0.25) is 11.5 Å². The first-order valence-electron chi connectivity index (χ1n) is 19.6. The van der Waals surface area contributed by atoms with E-state index in [1.165, 1.54) is 12.1 Å². The highest BCUT2D eigenvalue weighted by Gasteiger charge is 2.45. The topological polar surface area (TPSA) is 153 Å². The van der Waals surface area contributed by atoms with Crippen LogP contribution in [0.3, 0.4) is 0 Å². The van der Waals surface area contributed by atoms with Crippen molar-refractivity contribution in [3.05, 3.63) is 98.3 Å². The molecule has 4 fully saturated rings. The number of aromatic nitrogens is 1. The van der Waals surface area contributed by atoms with E-state index in [9.17, 15) is 24.6 Å². The Hall–Kier alpha value is -4.42. The number of halogens is 1. The summed E-state index contributed by atoms with van der Waals surface area (Å²) < 4.78 is 11.9. The predicted octanol–water partition coefficient (Wildman–Crippen LogP) is 6.52. The number of fused-ring (bicyclic) bond motifs is 4. The number of hydrogen-bond donors (Lipinski definition) is 5. The van der Waals surface area contributed by atoms with Gasteiger partial charge in [-0.2, -0.15) is 0 Å². The lowest BCUT2D eigenvalue weighted by Crippen LogP contribution is -2.53. The molecule has 292 valence electrons. The number of H-pyrrole nitrogens is 1. The van der Waals surface area contributed by atoms with Gasteiger partial charge in [-0.3, -0.25) is 19.3 Å². The largest absolute Gasteiger partial charge is 0.506 e. The molecule has 1 saturated carbocycles. The number of rotatable bonds is 14. The molecule has 0 radical (unpaired) electrons. The summed E-state index contributed by atoms with van der Waals surface area (Å²) in [4.78, 5) is 43.7. The van der Waals surface area contributed by atoms with Gasteiger partial charge in [0, 0.05) is 49.1 Å². The van der Waals surface area contributed by atoms with Crippen molar-refractivity contribution in [3.8, 4) is 11.5 Å². The number of benzene rings is 3. The lowest BCUT2D eigenvalue weighted by atomic mass is 9.69. The average molecular weight is 771 g/mol. The van der Waals surface area contributed by atoms with Crippen LogP contribution in [-0.4, -0.2) is 71.4 Å². The number of aliphatic hydroxyl groups is 1. The van der Waals surface area contributed by atoms with Crippen molar-refractivity contribution in [1.82, 2.24) is 15.2 Å². The van der Waals surface area contributed by atoms with Crippen LogP contribution < -0.4 is 20.9 Å². The number of phenols is 1. The summed E-state index contributed by atoms with van der Waals surface area (Å²) in [6, 6.07) is 17.8. The summed E-state index contributed by atoms with van der Waals surface area (Å²) in [7, 11) is 1.54. The van der Waals surface area contributed by atoms with Gasteiger partial charge in [-0.1, -0.05) is 61.2 Å². The minimum atomic E-state index is -0.927. The van der Waals surface area contributed by atoms with E-state index in [4.69, 9.17) is 21.1 Å². The Labute approximate surface area is 326 Å². The van der Waals surface area contributed by atoms with Crippen LogP contribution in [0, 0.1) is 5.92 Å². The van der Waals surface area contributed by atoms with Crippen molar-refractivity contribution < 1.29 is 29.3 Å². The number of ether oxygens (including phenoxy) is 2. The summed E-state index contributed by atoms with van der Waals surface area (Å²) in [5, 5.41) is 28.1. The molecule has 1 aliphatic carbocycles. The first kappa shape index (κ1) is 38.8. The molecule has 1 aromatic heterocycles. The Morgan fingerprint density at radius 2 is 1.80 bits per heavy atom. The molecule has 0 spiro atoms. The van der Waals surface area contributed by atoms with E-state index in [0.717, 1.165) is 87.7 Å². The van der Waals surface area contributed by atoms with Gasteiger partial charge in [-0.15, -0.1) is 0 Å². The number of methoxy groups -OCH3 is 1. The van der Waals surface area contributed by atoms with Crippen LogP contribution in [0.25, 0.3) is 10.9 Å². The number of carbonyl (C=O) groups excluding carboxylic acids is 2. The molecule has 4 aliphatic rings. The fourth-order valence-electron chi connectivity index (χ4n) is 8.74. The third kappa shape index (κ3) is 8.70. The molecule has 1 amide bonds. The Morgan fingerprint density at radius 3 is 2.51 bits per heavy atom. The first-order chi connectivity index (χ1) is 26.6. The van der Waals surface area contributed by atoms with Crippen molar-refractivity contribution in [3.63, 3.8) is 0 Å². The number of phenolic OH excluding ortho intramolecular Hbond substituents is 1. The molecule has 3 saturated heterocycles. The number of nitrogens with one attached hydrogen (secondary N) is 3. The highest BCUT2D eigenvalue weighted by Crippen LogP contribution is 2.42. The SMILES string of the molecule is COc1cc(NC(=O)CCCc2ccc(C3(C(=O)O[C@H]4CN5CCC4CC5)CCCCC3)cc2)c(Cl)cc1CNC[C@H](O)c1ccc(O)c2[nH]c(=O)ccc12. The van der Waals surface area contributed by atoms with Crippen LogP contribution in [0.1, 0.15) is 86.1 Å². The number of aliphatic hydroxyl groups excluding tert-OH is 1. The van der Waals surface area contributed by atoms with Gasteiger partial charge >= 0.3 is 5.97 Å². The van der Waals surface area contributed by atoms with E-state index < -0.39 is 11.5 Å². The summed E-state index contributed by atoms with van der Waals surface area (Å²) in [6.45, 7) is 3.59. The number of aromatic hydroxyl groups is 1. The van der Waals surface area contributed by atoms with Crippen LogP contribution in [-0.2, 0) is 32.7 Å². The molecule has 2 bridgehead atoms.